The Hall–Kier alpha value is -3.02. The molecule has 0 aliphatic heterocycles. The van der Waals surface area contributed by atoms with Gasteiger partial charge < -0.3 is 19.7 Å². The third-order valence-electron chi connectivity index (χ3n) is 4.72. The van der Waals surface area contributed by atoms with Gasteiger partial charge in [-0.25, -0.2) is 0 Å². The fourth-order valence-corrected chi connectivity index (χ4v) is 3.05. The molecule has 6 nitrogen and oxygen atoms in total. The number of unbranched alkanes of at least 4 members (excludes halogenated alkanes) is 1. The van der Waals surface area contributed by atoms with Crippen LogP contribution in [0.15, 0.2) is 36.4 Å². The molecule has 0 fully saturated rings. The highest BCUT2D eigenvalue weighted by Gasteiger charge is 2.18. The molecule has 2 amide bonds. The summed E-state index contributed by atoms with van der Waals surface area (Å²) in [5, 5.41) is 2.91. The van der Waals surface area contributed by atoms with Crippen LogP contribution >= 0.6 is 0 Å². The van der Waals surface area contributed by atoms with E-state index in [1.54, 1.807) is 25.2 Å². The van der Waals surface area contributed by atoms with Crippen molar-refractivity contribution >= 4 is 17.5 Å². The fraction of sp³-hybridized carbons (Fsp3) is 0.417. The van der Waals surface area contributed by atoms with Gasteiger partial charge in [0.1, 0.15) is 0 Å². The summed E-state index contributed by atoms with van der Waals surface area (Å²) in [6, 6.07) is 11.0. The first-order valence-corrected chi connectivity index (χ1v) is 10.4. The standard InChI is InChI=1S/C24H32N2O4/c1-6-8-14-30-20-13-12-19(15-21(20)29-7-2)24(28)26(5)16-22(27)25-23-17(3)10-9-11-18(23)4/h9-13,15H,6-8,14,16H2,1-5H3,(H,25,27). The molecule has 0 aliphatic rings. The van der Waals surface area contributed by atoms with Crippen LogP contribution in [-0.4, -0.2) is 43.5 Å². The second-order valence-corrected chi connectivity index (χ2v) is 7.27. The van der Waals surface area contributed by atoms with Crippen LogP contribution in [0.2, 0.25) is 0 Å². The van der Waals surface area contributed by atoms with Crippen LogP contribution in [0.3, 0.4) is 0 Å². The highest BCUT2D eigenvalue weighted by atomic mass is 16.5. The van der Waals surface area contributed by atoms with Crippen molar-refractivity contribution in [3.8, 4) is 11.5 Å². The number of amides is 2. The molecule has 0 heterocycles. The third-order valence-corrected chi connectivity index (χ3v) is 4.72. The Morgan fingerprint density at radius 1 is 1.00 bits per heavy atom. The summed E-state index contributed by atoms with van der Waals surface area (Å²) in [7, 11) is 1.61. The molecule has 0 unspecified atom stereocenters. The van der Waals surface area contributed by atoms with Gasteiger partial charge in [0.15, 0.2) is 11.5 Å². The quantitative estimate of drug-likeness (QED) is 0.580. The van der Waals surface area contributed by atoms with Crippen molar-refractivity contribution in [1.29, 1.82) is 0 Å². The van der Waals surface area contributed by atoms with E-state index in [2.05, 4.69) is 12.2 Å². The highest BCUT2D eigenvalue weighted by molar-refractivity contribution is 6.00. The minimum Gasteiger partial charge on any atom is -0.490 e. The lowest BCUT2D eigenvalue weighted by atomic mass is 10.1. The molecule has 0 saturated heterocycles. The molecule has 0 aromatic heterocycles. The number of hydrogen-bond donors (Lipinski definition) is 1. The molecule has 1 N–H and O–H groups in total. The van der Waals surface area contributed by atoms with Crippen LogP contribution in [0.5, 0.6) is 11.5 Å². The minimum absolute atomic E-state index is 0.0503. The molecule has 0 bridgehead atoms. The van der Waals surface area contributed by atoms with Crippen LogP contribution in [-0.2, 0) is 4.79 Å². The number of hydrogen-bond acceptors (Lipinski definition) is 4. The van der Waals surface area contributed by atoms with Crippen LogP contribution < -0.4 is 14.8 Å². The number of carbonyl (C=O) groups excluding carboxylic acids is 2. The van der Waals surface area contributed by atoms with E-state index in [0.717, 1.165) is 29.7 Å². The molecule has 2 aromatic carbocycles. The van der Waals surface area contributed by atoms with Gasteiger partial charge in [0, 0.05) is 18.3 Å². The molecule has 0 atom stereocenters. The lowest BCUT2D eigenvalue weighted by molar-refractivity contribution is -0.116. The van der Waals surface area contributed by atoms with E-state index in [9.17, 15) is 9.59 Å². The van der Waals surface area contributed by atoms with Crippen LogP contribution in [0.4, 0.5) is 5.69 Å². The Labute approximate surface area is 179 Å². The number of nitrogens with zero attached hydrogens (tertiary/aromatic N) is 1. The normalized spacial score (nSPS) is 10.4. The smallest absolute Gasteiger partial charge is 0.254 e. The predicted molar refractivity (Wildman–Crippen MR) is 120 cm³/mol. The zero-order valence-electron chi connectivity index (χ0n) is 18.6. The zero-order valence-corrected chi connectivity index (χ0v) is 18.6. The van der Waals surface area contributed by atoms with E-state index in [0.29, 0.717) is 30.3 Å². The Morgan fingerprint density at radius 2 is 1.70 bits per heavy atom. The van der Waals surface area contributed by atoms with Gasteiger partial charge in [0.2, 0.25) is 5.91 Å². The molecule has 0 aliphatic carbocycles. The zero-order chi connectivity index (χ0) is 22.1. The van der Waals surface area contributed by atoms with Gasteiger partial charge in [-0.2, -0.15) is 0 Å². The summed E-state index contributed by atoms with van der Waals surface area (Å²) in [4.78, 5) is 26.7. The Morgan fingerprint density at radius 3 is 2.33 bits per heavy atom. The summed E-state index contributed by atoms with van der Waals surface area (Å²) in [6.07, 6.45) is 1.99. The van der Waals surface area contributed by atoms with Gasteiger partial charge in [-0.1, -0.05) is 31.5 Å². The summed E-state index contributed by atoms with van der Waals surface area (Å²) >= 11 is 0. The van der Waals surface area contributed by atoms with E-state index < -0.39 is 0 Å². The molecule has 162 valence electrons. The van der Waals surface area contributed by atoms with Gasteiger partial charge in [0.25, 0.3) is 5.91 Å². The van der Waals surface area contributed by atoms with Gasteiger partial charge in [0.05, 0.1) is 19.8 Å². The highest BCUT2D eigenvalue weighted by Crippen LogP contribution is 2.29. The molecule has 30 heavy (non-hydrogen) atoms. The third kappa shape index (κ3) is 6.24. The summed E-state index contributed by atoms with van der Waals surface area (Å²) in [6.45, 7) is 8.88. The first-order chi connectivity index (χ1) is 14.4. The summed E-state index contributed by atoms with van der Waals surface area (Å²) in [5.74, 6) is 0.658. The number of ether oxygens (including phenoxy) is 2. The molecule has 2 rings (SSSR count). The largest absolute Gasteiger partial charge is 0.490 e. The average Bonchev–Trinajstić information content (AvgIpc) is 2.71. The van der Waals surface area contributed by atoms with Crippen LogP contribution in [0.25, 0.3) is 0 Å². The number of aryl methyl sites for hydroxylation is 2. The van der Waals surface area contributed by atoms with E-state index in [4.69, 9.17) is 9.47 Å². The van der Waals surface area contributed by atoms with Gasteiger partial charge in [-0.3, -0.25) is 9.59 Å². The van der Waals surface area contributed by atoms with E-state index in [-0.39, 0.29) is 18.4 Å². The van der Waals surface area contributed by atoms with Crippen LogP contribution in [0.1, 0.15) is 48.2 Å². The van der Waals surface area contributed by atoms with E-state index in [1.807, 2.05) is 39.0 Å². The maximum atomic E-state index is 12.8. The lowest BCUT2D eigenvalue weighted by Crippen LogP contribution is -2.35. The van der Waals surface area contributed by atoms with Crippen LogP contribution in [0, 0.1) is 13.8 Å². The van der Waals surface area contributed by atoms with Gasteiger partial charge >= 0.3 is 0 Å². The Kier molecular flexibility index (Phi) is 8.71. The van der Waals surface area contributed by atoms with Crippen molar-refractivity contribution in [3.05, 3.63) is 53.1 Å². The molecule has 0 saturated carbocycles. The van der Waals surface area contributed by atoms with E-state index in [1.165, 1.54) is 4.90 Å². The molecule has 0 radical (unpaired) electrons. The van der Waals surface area contributed by atoms with Crippen molar-refractivity contribution in [3.63, 3.8) is 0 Å². The monoisotopic (exact) mass is 412 g/mol. The van der Waals surface area contributed by atoms with Gasteiger partial charge in [-0.05, 0) is 56.5 Å². The van der Waals surface area contributed by atoms with Crippen molar-refractivity contribution in [2.75, 3.05) is 32.1 Å². The number of carbonyl (C=O) groups is 2. The topological polar surface area (TPSA) is 67.9 Å². The van der Waals surface area contributed by atoms with Crippen molar-refractivity contribution in [2.24, 2.45) is 0 Å². The van der Waals surface area contributed by atoms with Crippen molar-refractivity contribution < 1.29 is 19.1 Å². The molecule has 0 spiro atoms. The van der Waals surface area contributed by atoms with E-state index >= 15 is 0 Å². The Bertz CT molecular complexity index is 859. The lowest BCUT2D eigenvalue weighted by Gasteiger charge is -2.19. The minimum atomic E-state index is -0.257. The number of likely N-dealkylation sites (N-methyl/N-ethyl adjacent to an activating group) is 1. The molecular formula is C24H32N2O4. The summed E-state index contributed by atoms with van der Waals surface area (Å²) < 4.78 is 11.4. The molecule has 6 heteroatoms. The first-order valence-electron chi connectivity index (χ1n) is 10.4. The van der Waals surface area contributed by atoms with Crippen molar-refractivity contribution in [1.82, 2.24) is 4.90 Å². The maximum absolute atomic E-state index is 12.8. The average molecular weight is 413 g/mol. The number of rotatable bonds is 10. The first kappa shape index (κ1) is 23.3. The number of nitrogens with one attached hydrogen (secondary N) is 1. The molecule has 2 aromatic rings. The SMILES string of the molecule is CCCCOc1ccc(C(=O)N(C)CC(=O)Nc2c(C)cccc2C)cc1OCC. The predicted octanol–water partition coefficient (Wildman–Crippen LogP) is 4.59. The van der Waals surface area contributed by atoms with Gasteiger partial charge in [-0.15, -0.1) is 0 Å². The fourth-order valence-electron chi connectivity index (χ4n) is 3.05. The Balaban J connectivity index is 2.07. The second-order valence-electron chi connectivity index (χ2n) is 7.27. The number of anilines is 1. The number of para-hydroxylation sites is 1. The van der Waals surface area contributed by atoms with Crippen molar-refractivity contribution in [2.45, 2.75) is 40.5 Å². The molecular weight excluding hydrogens is 380 g/mol. The second kappa shape index (κ2) is 11.2. The maximum Gasteiger partial charge on any atom is 0.254 e. The summed E-state index contributed by atoms with van der Waals surface area (Å²) in [5.41, 5.74) is 3.20. The number of benzene rings is 2.